The standard InChI is InChI=1S/C24H26N2O3S/c1-17-12-14-21(15-13-17)30(28,29)26-23(20-9-5-4-6-10-20)16-24(27)25-22-11-7-8-18(2)19(22)3/h4-15,23,26H,16H2,1-3H3,(H,25,27)/t23-/m1/s1. The van der Waals surface area contributed by atoms with E-state index in [2.05, 4.69) is 10.0 Å². The van der Waals surface area contributed by atoms with Crippen LogP contribution in [-0.2, 0) is 14.8 Å². The number of hydrogen-bond acceptors (Lipinski definition) is 3. The molecule has 0 bridgehead atoms. The minimum atomic E-state index is -3.79. The summed E-state index contributed by atoms with van der Waals surface area (Å²) in [6, 6.07) is 20.8. The highest BCUT2D eigenvalue weighted by molar-refractivity contribution is 7.89. The molecule has 1 amide bonds. The van der Waals surface area contributed by atoms with Gasteiger partial charge in [-0.3, -0.25) is 4.79 Å². The van der Waals surface area contributed by atoms with Crippen molar-refractivity contribution in [1.82, 2.24) is 4.72 Å². The lowest BCUT2D eigenvalue weighted by Gasteiger charge is -2.20. The van der Waals surface area contributed by atoms with Crippen LogP contribution < -0.4 is 10.0 Å². The Kier molecular flexibility index (Phi) is 6.70. The number of nitrogens with one attached hydrogen (secondary N) is 2. The maximum atomic E-state index is 12.9. The van der Waals surface area contributed by atoms with Crippen molar-refractivity contribution < 1.29 is 13.2 Å². The molecular formula is C24H26N2O3S. The lowest BCUT2D eigenvalue weighted by Crippen LogP contribution is -2.31. The zero-order valence-corrected chi connectivity index (χ0v) is 18.2. The van der Waals surface area contributed by atoms with Crippen LogP contribution in [0.4, 0.5) is 5.69 Å². The van der Waals surface area contributed by atoms with E-state index >= 15 is 0 Å². The third-order valence-corrected chi connectivity index (χ3v) is 6.59. The fourth-order valence-corrected chi connectivity index (χ4v) is 4.38. The highest BCUT2D eigenvalue weighted by Gasteiger charge is 2.24. The Morgan fingerprint density at radius 1 is 0.867 bits per heavy atom. The molecule has 1 atom stereocenters. The lowest BCUT2D eigenvalue weighted by atomic mass is 10.0. The summed E-state index contributed by atoms with van der Waals surface area (Å²) in [6.07, 6.45) is -0.0253. The van der Waals surface area contributed by atoms with E-state index in [4.69, 9.17) is 0 Å². The number of aryl methyl sites for hydroxylation is 2. The van der Waals surface area contributed by atoms with Crippen molar-refractivity contribution in [1.29, 1.82) is 0 Å². The van der Waals surface area contributed by atoms with Crippen molar-refractivity contribution in [2.75, 3.05) is 5.32 Å². The second kappa shape index (κ2) is 9.24. The van der Waals surface area contributed by atoms with Gasteiger partial charge in [0.1, 0.15) is 0 Å². The maximum Gasteiger partial charge on any atom is 0.241 e. The molecule has 30 heavy (non-hydrogen) atoms. The summed E-state index contributed by atoms with van der Waals surface area (Å²) in [5, 5.41) is 2.91. The monoisotopic (exact) mass is 422 g/mol. The Hall–Kier alpha value is -2.96. The highest BCUT2D eigenvalue weighted by atomic mass is 32.2. The average molecular weight is 423 g/mol. The Bertz CT molecular complexity index is 1120. The van der Waals surface area contributed by atoms with Crippen LogP contribution >= 0.6 is 0 Å². The van der Waals surface area contributed by atoms with Crippen LogP contribution in [0.5, 0.6) is 0 Å². The van der Waals surface area contributed by atoms with Crippen LogP contribution in [0.25, 0.3) is 0 Å². The number of sulfonamides is 1. The normalized spacial score (nSPS) is 12.4. The van der Waals surface area contributed by atoms with Crippen LogP contribution in [0.2, 0.25) is 0 Å². The summed E-state index contributed by atoms with van der Waals surface area (Å²) in [5.74, 6) is -0.260. The SMILES string of the molecule is Cc1ccc(S(=O)(=O)N[C@H](CC(=O)Nc2cccc(C)c2C)c2ccccc2)cc1. The van der Waals surface area contributed by atoms with Crippen molar-refractivity contribution in [3.63, 3.8) is 0 Å². The van der Waals surface area contributed by atoms with E-state index in [1.807, 2.05) is 69.3 Å². The third kappa shape index (κ3) is 5.34. The van der Waals surface area contributed by atoms with Gasteiger partial charge < -0.3 is 5.32 Å². The summed E-state index contributed by atoms with van der Waals surface area (Å²) >= 11 is 0. The Balaban J connectivity index is 1.83. The Morgan fingerprint density at radius 2 is 1.53 bits per heavy atom. The molecule has 0 unspecified atom stereocenters. The third-order valence-electron chi connectivity index (χ3n) is 5.10. The summed E-state index contributed by atoms with van der Waals surface area (Å²) < 4.78 is 28.5. The van der Waals surface area contributed by atoms with Crippen LogP contribution in [0.1, 0.15) is 34.7 Å². The Labute approximate surface area is 178 Å². The van der Waals surface area contributed by atoms with Crippen molar-refractivity contribution in [3.05, 3.63) is 95.1 Å². The number of carbonyl (C=O) groups excluding carboxylic acids is 1. The van der Waals surface area contributed by atoms with Gasteiger partial charge in [0.15, 0.2) is 0 Å². The van der Waals surface area contributed by atoms with E-state index < -0.39 is 16.1 Å². The number of anilines is 1. The van der Waals surface area contributed by atoms with Gasteiger partial charge in [-0.25, -0.2) is 13.1 Å². The fraction of sp³-hybridized carbons (Fsp3) is 0.208. The van der Waals surface area contributed by atoms with Gasteiger partial charge in [0.05, 0.1) is 10.9 Å². The quantitative estimate of drug-likeness (QED) is 0.581. The largest absolute Gasteiger partial charge is 0.326 e. The average Bonchev–Trinajstić information content (AvgIpc) is 2.72. The summed E-state index contributed by atoms with van der Waals surface area (Å²) in [6.45, 7) is 5.82. The van der Waals surface area contributed by atoms with E-state index in [0.29, 0.717) is 0 Å². The molecule has 0 saturated heterocycles. The molecule has 0 fully saturated rings. The van der Waals surface area contributed by atoms with Crippen LogP contribution in [0.3, 0.4) is 0 Å². The summed E-state index contributed by atoms with van der Waals surface area (Å²) in [7, 11) is -3.79. The first-order chi connectivity index (χ1) is 14.3. The molecule has 0 aliphatic rings. The van der Waals surface area contributed by atoms with E-state index in [1.165, 1.54) is 0 Å². The van der Waals surface area contributed by atoms with Gasteiger partial charge in [-0.15, -0.1) is 0 Å². The van der Waals surface area contributed by atoms with Gasteiger partial charge in [-0.05, 0) is 55.7 Å². The van der Waals surface area contributed by atoms with E-state index in [1.54, 1.807) is 24.3 Å². The molecule has 3 aromatic rings. The molecular weight excluding hydrogens is 396 g/mol. The molecule has 0 aromatic heterocycles. The predicted octanol–water partition coefficient (Wildman–Crippen LogP) is 4.66. The number of rotatable bonds is 7. The van der Waals surface area contributed by atoms with Crippen LogP contribution in [0.15, 0.2) is 77.7 Å². The molecule has 156 valence electrons. The molecule has 0 spiro atoms. The smallest absolute Gasteiger partial charge is 0.241 e. The first-order valence-electron chi connectivity index (χ1n) is 9.76. The molecule has 3 aromatic carbocycles. The van der Waals surface area contributed by atoms with Crippen LogP contribution in [-0.4, -0.2) is 14.3 Å². The molecule has 0 aliphatic heterocycles. The number of carbonyl (C=O) groups is 1. The van der Waals surface area contributed by atoms with Gasteiger partial charge >= 0.3 is 0 Å². The molecule has 0 saturated carbocycles. The Morgan fingerprint density at radius 3 is 2.20 bits per heavy atom. The molecule has 2 N–H and O–H groups in total. The van der Waals surface area contributed by atoms with Crippen molar-refractivity contribution in [3.8, 4) is 0 Å². The zero-order valence-electron chi connectivity index (χ0n) is 17.3. The van der Waals surface area contributed by atoms with Crippen molar-refractivity contribution in [2.45, 2.75) is 38.1 Å². The number of benzene rings is 3. The van der Waals surface area contributed by atoms with Crippen LogP contribution in [0, 0.1) is 20.8 Å². The topological polar surface area (TPSA) is 75.3 Å². The fourth-order valence-electron chi connectivity index (χ4n) is 3.16. The molecule has 0 radical (unpaired) electrons. The lowest BCUT2D eigenvalue weighted by molar-refractivity contribution is -0.116. The summed E-state index contributed by atoms with van der Waals surface area (Å²) in [5.41, 5.74) is 4.49. The second-order valence-corrected chi connectivity index (χ2v) is 9.11. The van der Waals surface area contributed by atoms with Gasteiger partial charge in [-0.1, -0.05) is 60.2 Å². The minimum Gasteiger partial charge on any atom is -0.326 e. The highest BCUT2D eigenvalue weighted by Crippen LogP contribution is 2.23. The van der Waals surface area contributed by atoms with Crippen molar-refractivity contribution >= 4 is 21.6 Å². The molecule has 5 nitrogen and oxygen atoms in total. The first-order valence-corrected chi connectivity index (χ1v) is 11.2. The van der Waals surface area contributed by atoms with E-state index in [0.717, 1.165) is 27.9 Å². The number of amides is 1. The molecule has 0 aliphatic carbocycles. The summed E-state index contributed by atoms with van der Waals surface area (Å²) in [4.78, 5) is 13.0. The van der Waals surface area contributed by atoms with Gasteiger partial charge in [0, 0.05) is 12.1 Å². The van der Waals surface area contributed by atoms with E-state index in [-0.39, 0.29) is 17.2 Å². The zero-order chi connectivity index (χ0) is 21.7. The maximum absolute atomic E-state index is 12.9. The molecule has 6 heteroatoms. The predicted molar refractivity (Wildman–Crippen MR) is 120 cm³/mol. The van der Waals surface area contributed by atoms with Crippen molar-refractivity contribution in [2.24, 2.45) is 0 Å². The molecule has 0 heterocycles. The minimum absolute atomic E-state index is 0.0253. The van der Waals surface area contributed by atoms with Gasteiger partial charge in [0.25, 0.3) is 0 Å². The molecule has 3 rings (SSSR count). The first kappa shape index (κ1) is 21.7. The number of hydrogen-bond donors (Lipinski definition) is 2. The van der Waals surface area contributed by atoms with E-state index in [9.17, 15) is 13.2 Å². The van der Waals surface area contributed by atoms with Gasteiger partial charge in [-0.2, -0.15) is 0 Å². The second-order valence-electron chi connectivity index (χ2n) is 7.40. The van der Waals surface area contributed by atoms with Gasteiger partial charge in [0.2, 0.25) is 15.9 Å².